The van der Waals surface area contributed by atoms with Crippen molar-refractivity contribution in [2.24, 2.45) is 5.73 Å². The predicted molar refractivity (Wildman–Crippen MR) is 101 cm³/mol. The van der Waals surface area contributed by atoms with Crippen molar-refractivity contribution < 1.29 is 18.3 Å². The average molecular weight is 380 g/mol. The zero-order valence-corrected chi connectivity index (χ0v) is 15.4. The highest BCUT2D eigenvalue weighted by Gasteiger charge is 2.31. The molecular formula is C22H18F2N2O2. The molecule has 0 amide bonds. The van der Waals surface area contributed by atoms with Gasteiger partial charge in [-0.25, -0.2) is 8.78 Å². The molecule has 28 heavy (non-hydrogen) atoms. The normalized spacial score (nSPS) is 18.3. The first-order valence-electron chi connectivity index (χ1n) is 8.84. The van der Waals surface area contributed by atoms with Crippen LogP contribution in [0.5, 0.6) is 11.5 Å². The number of aryl methyl sites for hydroxylation is 1. The van der Waals surface area contributed by atoms with Crippen molar-refractivity contribution >= 4 is 10.8 Å². The van der Waals surface area contributed by atoms with Crippen molar-refractivity contribution in [3.8, 4) is 17.6 Å². The minimum absolute atomic E-state index is 0.441. The summed E-state index contributed by atoms with van der Waals surface area (Å²) in [6, 6.07) is 11.3. The van der Waals surface area contributed by atoms with Crippen molar-refractivity contribution in [1.29, 1.82) is 5.26 Å². The summed E-state index contributed by atoms with van der Waals surface area (Å²) in [5.74, 6) is -0.697. The van der Waals surface area contributed by atoms with Gasteiger partial charge in [0.1, 0.15) is 23.7 Å². The van der Waals surface area contributed by atoms with Crippen LogP contribution >= 0.6 is 0 Å². The number of nitriles is 1. The molecule has 0 spiro atoms. The standard InChI is InChI=1S/C22H18F2N2O2/c1-11-5-17(23)18(24)7-14(11)22-19(26)8-16-15-9-21(27-2)13(10-25)6-12(15)3-4-20(16)28-22/h3-7,9,19,22H,8,26H2,1-2H3/t19-,22+/m0/s1. The molecule has 0 radical (unpaired) electrons. The van der Waals surface area contributed by atoms with Crippen molar-refractivity contribution in [1.82, 2.24) is 0 Å². The summed E-state index contributed by atoms with van der Waals surface area (Å²) in [4.78, 5) is 0. The van der Waals surface area contributed by atoms with Crippen LogP contribution in [-0.2, 0) is 6.42 Å². The maximum absolute atomic E-state index is 13.8. The van der Waals surface area contributed by atoms with E-state index in [9.17, 15) is 14.0 Å². The molecule has 2 atom stereocenters. The second-order valence-corrected chi connectivity index (χ2v) is 6.96. The molecule has 4 rings (SSSR count). The van der Waals surface area contributed by atoms with Gasteiger partial charge in [-0.1, -0.05) is 6.07 Å². The SMILES string of the molecule is COc1cc2c3c(ccc2cc1C#N)O[C@H](c1cc(F)c(F)cc1C)[C@@H](N)C3. The summed E-state index contributed by atoms with van der Waals surface area (Å²) in [5.41, 5.74) is 8.86. The Morgan fingerprint density at radius 2 is 1.93 bits per heavy atom. The van der Waals surface area contributed by atoms with Crippen molar-refractivity contribution in [2.75, 3.05) is 7.11 Å². The summed E-state index contributed by atoms with van der Waals surface area (Å²) in [5, 5.41) is 11.1. The monoisotopic (exact) mass is 380 g/mol. The van der Waals surface area contributed by atoms with Crippen molar-refractivity contribution in [2.45, 2.75) is 25.5 Å². The zero-order chi connectivity index (χ0) is 20.0. The van der Waals surface area contributed by atoms with E-state index in [1.165, 1.54) is 7.11 Å². The maximum Gasteiger partial charge on any atom is 0.159 e. The van der Waals surface area contributed by atoms with Gasteiger partial charge in [0.15, 0.2) is 11.6 Å². The van der Waals surface area contributed by atoms with Crippen molar-refractivity contribution in [3.63, 3.8) is 0 Å². The summed E-state index contributed by atoms with van der Waals surface area (Å²) in [6.45, 7) is 1.71. The lowest BCUT2D eigenvalue weighted by Gasteiger charge is -2.33. The smallest absolute Gasteiger partial charge is 0.159 e. The molecule has 0 saturated heterocycles. The number of hydrogen-bond donors (Lipinski definition) is 1. The van der Waals surface area contributed by atoms with E-state index in [0.717, 1.165) is 28.5 Å². The van der Waals surface area contributed by atoms with Gasteiger partial charge in [-0.3, -0.25) is 0 Å². The molecule has 0 aromatic heterocycles. The van der Waals surface area contributed by atoms with Gasteiger partial charge < -0.3 is 15.2 Å². The minimum Gasteiger partial charge on any atom is -0.495 e. The molecule has 0 bridgehead atoms. The van der Waals surface area contributed by atoms with Gasteiger partial charge in [-0.2, -0.15) is 5.26 Å². The molecule has 4 nitrogen and oxygen atoms in total. The molecular weight excluding hydrogens is 362 g/mol. The largest absolute Gasteiger partial charge is 0.495 e. The molecule has 6 heteroatoms. The number of fused-ring (bicyclic) bond motifs is 3. The summed E-state index contributed by atoms with van der Waals surface area (Å²) >= 11 is 0. The maximum atomic E-state index is 13.8. The second-order valence-electron chi connectivity index (χ2n) is 6.96. The van der Waals surface area contributed by atoms with Crippen LogP contribution in [0.3, 0.4) is 0 Å². The fraction of sp³-hybridized carbons (Fsp3) is 0.227. The van der Waals surface area contributed by atoms with Crippen molar-refractivity contribution in [3.05, 3.63) is 70.3 Å². The Hall–Kier alpha value is -3.17. The Balaban J connectivity index is 1.82. The summed E-state index contributed by atoms with van der Waals surface area (Å²) in [6.07, 6.45) is -0.0921. The topological polar surface area (TPSA) is 68.3 Å². The molecule has 0 aliphatic carbocycles. The molecule has 0 unspecified atom stereocenters. The van der Waals surface area contributed by atoms with Crippen LogP contribution in [0.4, 0.5) is 8.78 Å². The van der Waals surface area contributed by atoms with Crippen LogP contribution in [0.15, 0.2) is 36.4 Å². The number of methoxy groups -OCH3 is 1. The molecule has 0 fully saturated rings. The third-order valence-electron chi connectivity index (χ3n) is 5.23. The highest BCUT2D eigenvalue weighted by atomic mass is 19.2. The minimum atomic E-state index is -0.922. The van der Waals surface area contributed by atoms with Crippen LogP contribution in [0.1, 0.15) is 28.4 Å². The first-order valence-corrected chi connectivity index (χ1v) is 8.84. The predicted octanol–water partition coefficient (Wildman–Crippen LogP) is 4.31. The zero-order valence-electron chi connectivity index (χ0n) is 15.4. The second kappa shape index (κ2) is 6.77. The van der Waals surface area contributed by atoms with Gasteiger partial charge in [0.2, 0.25) is 0 Å². The first kappa shape index (κ1) is 18.2. The van der Waals surface area contributed by atoms with Crippen LogP contribution in [0, 0.1) is 29.9 Å². The molecule has 1 aliphatic rings. The summed E-state index contributed by atoms with van der Waals surface area (Å²) in [7, 11) is 1.52. The van der Waals surface area contributed by atoms with Crippen LogP contribution in [-0.4, -0.2) is 13.2 Å². The molecule has 2 N–H and O–H groups in total. The Morgan fingerprint density at radius 3 is 2.64 bits per heavy atom. The van der Waals surface area contributed by atoms with Gasteiger partial charge >= 0.3 is 0 Å². The van der Waals surface area contributed by atoms with E-state index in [1.807, 2.05) is 18.2 Å². The number of rotatable bonds is 2. The van der Waals surface area contributed by atoms with Crippen LogP contribution in [0.25, 0.3) is 10.8 Å². The Bertz CT molecular complexity index is 1140. The highest BCUT2D eigenvalue weighted by Crippen LogP contribution is 2.41. The van der Waals surface area contributed by atoms with Crippen LogP contribution in [0.2, 0.25) is 0 Å². The van der Waals surface area contributed by atoms with E-state index in [4.69, 9.17) is 15.2 Å². The third-order valence-corrected chi connectivity index (χ3v) is 5.23. The molecule has 3 aromatic carbocycles. The molecule has 0 saturated carbocycles. The van der Waals surface area contributed by atoms with Gasteiger partial charge in [0.05, 0.1) is 18.7 Å². The van der Waals surface area contributed by atoms with E-state index in [-0.39, 0.29) is 0 Å². The van der Waals surface area contributed by atoms with Gasteiger partial charge in [-0.05, 0) is 65.6 Å². The van der Waals surface area contributed by atoms with Crippen LogP contribution < -0.4 is 15.2 Å². The molecule has 3 aromatic rings. The number of benzene rings is 3. The van der Waals surface area contributed by atoms with E-state index in [0.29, 0.717) is 34.6 Å². The number of nitrogens with two attached hydrogens (primary N) is 1. The quantitative estimate of drug-likeness (QED) is 0.719. The third kappa shape index (κ3) is 2.85. The number of nitrogens with zero attached hydrogens (tertiary/aromatic N) is 1. The highest BCUT2D eigenvalue weighted by molar-refractivity contribution is 5.91. The van der Waals surface area contributed by atoms with E-state index < -0.39 is 23.8 Å². The van der Waals surface area contributed by atoms with E-state index in [2.05, 4.69) is 6.07 Å². The molecule has 142 valence electrons. The van der Waals surface area contributed by atoms with E-state index in [1.54, 1.807) is 13.0 Å². The van der Waals surface area contributed by atoms with Gasteiger partial charge in [0, 0.05) is 5.56 Å². The fourth-order valence-corrected chi connectivity index (χ4v) is 3.80. The Kier molecular flexibility index (Phi) is 4.40. The Morgan fingerprint density at radius 1 is 1.18 bits per heavy atom. The lowest BCUT2D eigenvalue weighted by atomic mass is 9.88. The number of halogens is 2. The lowest BCUT2D eigenvalue weighted by Crippen LogP contribution is -2.38. The number of hydrogen-bond acceptors (Lipinski definition) is 4. The Labute approximate surface area is 161 Å². The summed E-state index contributed by atoms with van der Waals surface area (Å²) < 4.78 is 38.7. The fourth-order valence-electron chi connectivity index (χ4n) is 3.80. The van der Waals surface area contributed by atoms with Gasteiger partial charge in [0.25, 0.3) is 0 Å². The van der Waals surface area contributed by atoms with Gasteiger partial charge in [-0.15, -0.1) is 0 Å². The lowest BCUT2D eigenvalue weighted by molar-refractivity contribution is 0.153. The number of ether oxygens (including phenoxy) is 2. The van der Waals surface area contributed by atoms with E-state index >= 15 is 0 Å². The molecule has 1 aliphatic heterocycles. The average Bonchev–Trinajstić information content (AvgIpc) is 2.69. The first-order chi connectivity index (χ1) is 13.4. The molecule has 1 heterocycles.